The van der Waals surface area contributed by atoms with Crippen LogP contribution in [0.15, 0.2) is 34.9 Å². The fourth-order valence-electron chi connectivity index (χ4n) is 3.60. The van der Waals surface area contributed by atoms with Crippen LogP contribution in [0.25, 0.3) is 11.5 Å². The van der Waals surface area contributed by atoms with Gasteiger partial charge >= 0.3 is 6.03 Å². The van der Waals surface area contributed by atoms with Crippen LogP contribution in [0.2, 0.25) is 0 Å². The lowest BCUT2D eigenvalue weighted by molar-refractivity contribution is 0.121. The Kier molecular flexibility index (Phi) is 4.40. The van der Waals surface area contributed by atoms with E-state index in [1.807, 2.05) is 4.90 Å². The molecule has 25 heavy (non-hydrogen) atoms. The Balaban J connectivity index is 1.40. The van der Waals surface area contributed by atoms with Gasteiger partial charge in [-0.05, 0) is 43.7 Å². The highest BCUT2D eigenvalue weighted by molar-refractivity contribution is 5.76. The second-order valence-corrected chi connectivity index (χ2v) is 6.61. The second-order valence-electron chi connectivity index (χ2n) is 6.61. The molecule has 2 amide bonds. The largest absolute Gasteiger partial charge is 0.444 e. The van der Waals surface area contributed by atoms with Gasteiger partial charge in [-0.1, -0.05) is 0 Å². The summed E-state index contributed by atoms with van der Waals surface area (Å²) < 4.78 is 18.6. The Morgan fingerprint density at radius 2 is 2.12 bits per heavy atom. The van der Waals surface area contributed by atoms with Gasteiger partial charge in [0, 0.05) is 37.8 Å². The number of carbonyl (C=O) groups excluding carboxylic acids is 1. The molecule has 0 aliphatic carbocycles. The second kappa shape index (κ2) is 6.84. The molecule has 1 aromatic carbocycles. The molecular formula is C18H21FN4O2. The summed E-state index contributed by atoms with van der Waals surface area (Å²) in [5.41, 5.74) is 1.61. The predicted octanol–water partition coefficient (Wildman–Crippen LogP) is 2.47. The van der Waals surface area contributed by atoms with Gasteiger partial charge in [0.15, 0.2) is 0 Å². The predicted molar refractivity (Wildman–Crippen MR) is 90.3 cm³/mol. The third kappa shape index (κ3) is 3.51. The molecule has 0 bridgehead atoms. The Morgan fingerprint density at radius 3 is 2.88 bits per heavy atom. The van der Waals surface area contributed by atoms with Crippen molar-refractivity contribution < 1.29 is 13.6 Å². The van der Waals surface area contributed by atoms with Gasteiger partial charge < -0.3 is 14.6 Å². The summed E-state index contributed by atoms with van der Waals surface area (Å²) in [4.78, 5) is 20.6. The third-order valence-corrected chi connectivity index (χ3v) is 4.84. The van der Waals surface area contributed by atoms with E-state index in [-0.39, 0.29) is 17.9 Å². The number of benzene rings is 1. The summed E-state index contributed by atoms with van der Waals surface area (Å²) >= 11 is 0. The molecule has 2 aliphatic rings. The van der Waals surface area contributed by atoms with Crippen molar-refractivity contribution in [3.8, 4) is 11.5 Å². The Morgan fingerprint density at radius 1 is 1.28 bits per heavy atom. The summed E-state index contributed by atoms with van der Waals surface area (Å²) in [7, 11) is 0. The molecule has 2 aromatic rings. The summed E-state index contributed by atoms with van der Waals surface area (Å²) in [6, 6.07) is 6.43. The third-order valence-electron chi connectivity index (χ3n) is 4.84. The first-order valence-corrected chi connectivity index (χ1v) is 8.66. The normalized spacial score (nSPS) is 21.6. The van der Waals surface area contributed by atoms with Gasteiger partial charge in [-0.25, -0.2) is 14.2 Å². The summed E-state index contributed by atoms with van der Waals surface area (Å²) in [6.07, 6.45) is 3.77. The summed E-state index contributed by atoms with van der Waals surface area (Å²) in [5.74, 6) is 0.225. The number of piperidine rings is 1. The first-order chi connectivity index (χ1) is 12.2. The van der Waals surface area contributed by atoms with Gasteiger partial charge in [-0.3, -0.25) is 4.90 Å². The maximum Gasteiger partial charge on any atom is 0.317 e. The molecule has 132 valence electrons. The summed E-state index contributed by atoms with van der Waals surface area (Å²) in [6.45, 7) is 4.06. The van der Waals surface area contributed by atoms with Crippen molar-refractivity contribution in [1.29, 1.82) is 0 Å². The number of carbonyl (C=O) groups is 1. The van der Waals surface area contributed by atoms with Gasteiger partial charge in [-0.2, -0.15) is 0 Å². The van der Waals surface area contributed by atoms with Gasteiger partial charge in [0.2, 0.25) is 5.89 Å². The van der Waals surface area contributed by atoms with Crippen LogP contribution in [0, 0.1) is 5.82 Å². The molecular weight excluding hydrogens is 323 g/mol. The molecule has 1 N–H and O–H groups in total. The molecule has 6 nitrogen and oxygen atoms in total. The van der Waals surface area contributed by atoms with Gasteiger partial charge in [0.1, 0.15) is 12.1 Å². The number of urea groups is 1. The number of likely N-dealkylation sites (tertiary alicyclic amines) is 1. The number of amides is 2. The molecule has 1 atom stereocenters. The molecule has 0 unspecified atom stereocenters. The van der Waals surface area contributed by atoms with Crippen LogP contribution in [0.4, 0.5) is 9.18 Å². The molecule has 2 aliphatic heterocycles. The molecule has 0 radical (unpaired) electrons. The van der Waals surface area contributed by atoms with E-state index in [1.54, 1.807) is 18.4 Å². The Labute approximate surface area is 145 Å². The molecule has 0 saturated carbocycles. The van der Waals surface area contributed by atoms with Crippen LogP contribution in [0.3, 0.4) is 0 Å². The average molecular weight is 344 g/mol. The van der Waals surface area contributed by atoms with Crippen LogP contribution in [-0.2, 0) is 6.54 Å². The van der Waals surface area contributed by atoms with E-state index >= 15 is 0 Å². The molecule has 0 spiro atoms. The number of nitrogens with one attached hydrogen (secondary N) is 1. The number of hydrogen-bond donors (Lipinski definition) is 1. The maximum absolute atomic E-state index is 13.0. The smallest absolute Gasteiger partial charge is 0.317 e. The molecule has 7 heteroatoms. The van der Waals surface area contributed by atoms with Crippen LogP contribution < -0.4 is 5.32 Å². The maximum atomic E-state index is 13.0. The zero-order valence-corrected chi connectivity index (χ0v) is 13.9. The number of rotatable bonds is 4. The number of halogens is 1. The van der Waals surface area contributed by atoms with Crippen molar-refractivity contribution in [1.82, 2.24) is 20.1 Å². The zero-order chi connectivity index (χ0) is 17.2. The highest BCUT2D eigenvalue weighted by Crippen LogP contribution is 2.22. The first-order valence-electron chi connectivity index (χ1n) is 8.66. The molecule has 4 rings (SSSR count). The van der Waals surface area contributed by atoms with Crippen LogP contribution in [-0.4, -0.2) is 53.0 Å². The average Bonchev–Trinajstić information content (AvgIpc) is 3.25. The van der Waals surface area contributed by atoms with E-state index in [4.69, 9.17) is 4.42 Å². The standard InChI is InChI=1S/C18H21FN4O2/c19-14-5-3-13(4-6-14)17-21-15(12-25-17)10-22-8-1-2-16(11-22)23-9-7-20-18(23)24/h3-6,12,16H,1-2,7-11H2,(H,20,24)/t16-/m1/s1. The number of hydrogen-bond acceptors (Lipinski definition) is 4. The van der Waals surface area contributed by atoms with Crippen molar-refractivity contribution in [2.45, 2.75) is 25.4 Å². The van der Waals surface area contributed by atoms with E-state index in [9.17, 15) is 9.18 Å². The zero-order valence-electron chi connectivity index (χ0n) is 13.9. The first kappa shape index (κ1) is 16.1. The Bertz CT molecular complexity index is 746. The van der Waals surface area contributed by atoms with Gasteiger partial charge in [0.25, 0.3) is 0 Å². The van der Waals surface area contributed by atoms with Gasteiger partial charge in [-0.15, -0.1) is 0 Å². The van der Waals surface area contributed by atoms with Gasteiger partial charge in [0.05, 0.1) is 5.69 Å². The van der Waals surface area contributed by atoms with Crippen molar-refractivity contribution >= 4 is 6.03 Å². The van der Waals surface area contributed by atoms with Crippen molar-refractivity contribution in [3.05, 3.63) is 42.0 Å². The fraction of sp³-hybridized carbons (Fsp3) is 0.444. The number of oxazole rings is 1. The fourth-order valence-corrected chi connectivity index (χ4v) is 3.60. The van der Waals surface area contributed by atoms with E-state index in [2.05, 4.69) is 15.2 Å². The van der Waals surface area contributed by atoms with Crippen molar-refractivity contribution in [2.75, 3.05) is 26.2 Å². The summed E-state index contributed by atoms with van der Waals surface area (Å²) in [5, 5.41) is 2.87. The van der Waals surface area contributed by atoms with Crippen molar-refractivity contribution in [2.24, 2.45) is 0 Å². The van der Waals surface area contributed by atoms with Crippen LogP contribution >= 0.6 is 0 Å². The molecule has 2 saturated heterocycles. The molecule has 1 aromatic heterocycles. The van der Waals surface area contributed by atoms with Crippen LogP contribution in [0.1, 0.15) is 18.5 Å². The minimum absolute atomic E-state index is 0.0480. The topological polar surface area (TPSA) is 61.6 Å². The van der Waals surface area contributed by atoms with Crippen molar-refractivity contribution in [3.63, 3.8) is 0 Å². The van der Waals surface area contributed by atoms with E-state index in [0.717, 1.165) is 50.3 Å². The lowest BCUT2D eigenvalue weighted by Crippen LogP contribution is -2.48. The highest BCUT2D eigenvalue weighted by atomic mass is 19.1. The monoisotopic (exact) mass is 344 g/mol. The molecule has 2 fully saturated rings. The van der Waals surface area contributed by atoms with E-state index in [1.165, 1.54) is 12.1 Å². The lowest BCUT2D eigenvalue weighted by Gasteiger charge is -2.36. The van der Waals surface area contributed by atoms with Crippen LogP contribution in [0.5, 0.6) is 0 Å². The van der Waals surface area contributed by atoms with E-state index in [0.29, 0.717) is 12.4 Å². The Hall–Kier alpha value is -2.41. The number of aromatic nitrogens is 1. The minimum atomic E-state index is -0.277. The lowest BCUT2D eigenvalue weighted by atomic mass is 10.0. The SMILES string of the molecule is O=C1NCCN1[C@@H]1CCCN(Cc2coc(-c3ccc(F)cc3)n2)C1. The molecule has 3 heterocycles. The highest BCUT2D eigenvalue weighted by Gasteiger charge is 2.31. The van der Waals surface area contributed by atoms with E-state index < -0.39 is 0 Å². The quantitative estimate of drug-likeness (QED) is 0.926. The minimum Gasteiger partial charge on any atom is -0.444 e. The number of nitrogens with zero attached hydrogens (tertiary/aromatic N) is 3.